The molecule has 1 aliphatic rings. The van der Waals surface area contributed by atoms with Gasteiger partial charge in [0.25, 0.3) is 0 Å². The molecule has 5 heteroatoms. The Kier molecular flexibility index (Phi) is 2.58. The number of rotatable bonds is 2. The minimum absolute atomic E-state index is 0.314. The van der Waals surface area contributed by atoms with E-state index >= 15 is 0 Å². The molecule has 0 atom stereocenters. The number of benzene rings is 1. The van der Waals surface area contributed by atoms with Gasteiger partial charge in [-0.15, -0.1) is 0 Å². The minimum atomic E-state index is -1.21. The number of hydrogen-bond acceptors (Lipinski definition) is 2. The van der Waals surface area contributed by atoms with Crippen molar-refractivity contribution < 1.29 is 17.9 Å². The van der Waals surface area contributed by atoms with Crippen LogP contribution in [0.2, 0.25) is 0 Å². The molecule has 1 aromatic rings. The van der Waals surface area contributed by atoms with E-state index in [-0.39, 0.29) is 5.75 Å². The second-order valence-corrected chi connectivity index (χ2v) is 4.07. The maximum absolute atomic E-state index is 13.8. The molecule has 0 aliphatic heterocycles. The topological polar surface area (TPSA) is 35.2 Å². The molecule has 2 nitrogen and oxygen atoms in total. The van der Waals surface area contributed by atoms with Crippen LogP contribution in [0, 0.1) is 17.5 Å². The van der Waals surface area contributed by atoms with Crippen molar-refractivity contribution in [1.29, 1.82) is 0 Å². The highest BCUT2D eigenvalue weighted by Crippen LogP contribution is 2.43. The fourth-order valence-corrected chi connectivity index (χ4v) is 1.97. The lowest BCUT2D eigenvalue weighted by molar-refractivity contribution is 0.229. The molecule has 0 bridgehead atoms. The van der Waals surface area contributed by atoms with E-state index in [2.05, 4.69) is 4.74 Å². The molecule has 0 saturated heterocycles. The molecule has 2 N–H and O–H groups in total. The average Bonchev–Trinajstić information content (AvgIpc) is 2.21. The first-order valence-electron chi connectivity index (χ1n) is 5.00. The summed E-state index contributed by atoms with van der Waals surface area (Å²) in [4.78, 5) is 0. The summed E-state index contributed by atoms with van der Waals surface area (Å²) >= 11 is 0. The molecule has 1 saturated carbocycles. The lowest BCUT2D eigenvalue weighted by atomic mass is 9.72. The summed E-state index contributed by atoms with van der Waals surface area (Å²) in [7, 11) is 1.20. The molecule has 0 radical (unpaired) electrons. The monoisotopic (exact) mass is 231 g/mol. The van der Waals surface area contributed by atoms with Crippen molar-refractivity contribution >= 4 is 0 Å². The van der Waals surface area contributed by atoms with Gasteiger partial charge in [0.1, 0.15) is 0 Å². The van der Waals surface area contributed by atoms with E-state index < -0.39 is 28.6 Å². The van der Waals surface area contributed by atoms with Crippen molar-refractivity contribution in [2.45, 2.75) is 24.8 Å². The van der Waals surface area contributed by atoms with Gasteiger partial charge in [-0.3, -0.25) is 0 Å². The van der Waals surface area contributed by atoms with Gasteiger partial charge < -0.3 is 10.5 Å². The van der Waals surface area contributed by atoms with Gasteiger partial charge in [0, 0.05) is 11.6 Å². The second kappa shape index (κ2) is 3.66. The Bertz CT molecular complexity index is 430. The van der Waals surface area contributed by atoms with E-state index in [1.165, 1.54) is 7.11 Å². The van der Waals surface area contributed by atoms with Gasteiger partial charge in [-0.05, 0) is 19.3 Å². The van der Waals surface area contributed by atoms with Crippen LogP contribution in [0.4, 0.5) is 13.2 Å². The molecule has 0 heterocycles. The maximum atomic E-state index is 13.8. The van der Waals surface area contributed by atoms with Crippen LogP contribution in [0.1, 0.15) is 24.8 Å². The summed E-state index contributed by atoms with van der Waals surface area (Å²) < 4.78 is 45.2. The molecular formula is C11H12F3NO. The number of methoxy groups -OCH3 is 1. The summed E-state index contributed by atoms with van der Waals surface area (Å²) in [5, 5.41) is 0. The Labute approximate surface area is 91.2 Å². The molecule has 88 valence electrons. The highest BCUT2D eigenvalue weighted by atomic mass is 19.2. The van der Waals surface area contributed by atoms with E-state index in [1.54, 1.807) is 0 Å². The summed E-state index contributed by atoms with van der Waals surface area (Å²) in [6.45, 7) is 0. The predicted molar refractivity (Wildman–Crippen MR) is 52.6 cm³/mol. The van der Waals surface area contributed by atoms with Gasteiger partial charge in [0.2, 0.25) is 0 Å². The Morgan fingerprint density at radius 2 is 1.88 bits per heavy atom. The largest absolute Gasteiger partial charge is 0.494 e. The smallest absolute Gasteiger partial charge is 0.173 e. The fraction of sp³-hybridized carbons (Fsp3) is 0.455. The van der Waals surface area contributed by atoms with Gasteiger partial charge in [-0.1, -0.05) is 0 Å². The van der Waals surface area contributed by atoms with Crippen LogP contribution in [0.25, 0.3) is 0 Å². The molecule has 1 aromatic carbocycles. The van der Waals surface area contributed by atoms with E-state index in [9.17, 15) is 13.2 Å². The zero-order valence-electron chi connectivity index (χ0n) is 8.82. The van der Waals surface area contributed by atoms with Crippen LogP contribution < -0.4 is 10.5 Å². The minimum Gasteiger partial charge on any atom is -0.494 e. The zero-order chi connectivity index (χ0) is 11.9. The van der Waals surface area contributed by atoms with Gasteiger partial charge >= 0.3 is 0 Å². The molecule has 0 aromatic heterocycles. The summed E-state index contributed by atoms with van der Waals surface area (Å²) in [5.41, 5.74) is 4.33. The average molecular weight is 231 g/mol. The SMILES string of the molecule is COc1cc(F)c(F)c(C2(N)CCC2)c1F. The third-order valence-electron chi connectivity index (χ3n) is 3.09. The quantitative estimate of drug-likeness (QED) is 0.793. The van der Waals surface area contributed by atoms with Crippen molar-refractivity contribution in [3.8, 4) is 5.75 Å². The van der Waals surface area contributed by atoms with Crippen LogP contribution >= 0.6 is 0 Å². The van der Waals surface area contributed by atoms with Gasteiger partial charge in [0.05, 0.1) is 12.7 Å². The standard InChI is InChI=1S/C11H12F3NO/c1-16-7-5-6(12)9(13)8(10(7)14)11(15)3-2-4-11/h5H,2-4,15H2,1H3. The van der Waals surface area contributed by atoms with Crippen molar-refractivity contribution in [2.75, 3.05) is 7.11 Å². The normalized spacial score (nSPS) is 18.1. The highest BCUT2D eigenvalue weighted by molar-refractivity contribution is 5.38. The molecule has 1 aliphatic carbocycles. The third kappa shape index (κ3) is 1.46. The van der Waals surface area contributed by atoms with E-state index in [0.717, 1.165) is 6.42 Å². The second-order valence-electron chi connectivity index (χ2n) is 4.07. The third-order valence-corrected chi connectivity index (χ3v) is 3.09. The van der Waals surface area contributed by atoms with Crippen LogP contribution in [-0.4, -0.2) is 7.11 Å². The molecule has 0 unspecified atom stereocenters. The van der Waals surface area contributed by atoms with Crippen LogP contribution in [0.5, 0.6) is 5.75 Å². The first-order valence-corrected chi connectivity index (χ1v) is 5.00. The van der Waals surface area contributed by atoms with Crippen LogP contribution in [-0.2, 0) is 5.54 Å². The van der Waals surface area contributed by atoms with Gasteiger partial charge in [-0.2, -0.15) is 0 Å². The first kappa shape index (κ1) is 11.3. The molecule has 16 heavy (non-hydrogen) atoms. The van der Waals surface area contributed by atoms with Crippen molar-refractivity contribution in [3.63, 3.8) is 0 Å². The van der Waals surface area contributed by atoms with Crippen molar-refractivity contribution in [3.05, 3.63) is 29.1 Å². The van der Waals surface area contributed by atoms with Crippen molar-refractivity contribution in [2.24, 2.45) is 5.73 Å². The van der Waals surface area contributed by atoms with Crippen LogP contribution in [0.15, 0.2) is 6.07 Å². The lowest BCUT2D eigenvalue weighted by Crippen LogP contribution is -2.45. The number of nitrogens with two attached hydrogens (primary N) is 1. The Morgan fingerprint density at radius 1 is 1.25 bits per heavy atom. The number of hydrogen-bond donors (Lipinski definition) is 1. The zero-order valence-corrected chi connectivity index (χ0v) is 8.82. The molecule has 1 fully saturated rings. The number of halogens is 3. The fourth-order valence-electron chi connectivity index (χ4n) is 1.97. The summed E-state index contributed by atoms with van der Waals surface area (Å²) in [5.74, 6) is -3.56. The molecule has 0 amide bonds. The summed E-state index contributed by atoms with van der Waals surface area (Å²) in [6, 6.07) is 0.691. The Balaban J connectivity index is 2.62. The van der Waals surface area contributed by atoms with Gasteiger partial charge in [0.15, 0.2) is 23.2 Å². The van der Waals surface area contributed by atoms with E-state index in [4.69, 9.17) is 5.73 Å². The number of ether oxygens (including phenoxy) is 1. The van der Waals surface area contributed by atoms with E-state index in [1.807, 2.05) is 0 Å². The maximum Gasteiger partial charge on any atom is 0.173 e. The Hall–Kier alpha value is -1.23. The van der Waals surface area contributed by atoms with E-state index in [0.29, 0.717) is 18.9 Å². The molecule has 2 rings (SSSR count). The highest BCUT2D eigenvalue weighted by Gasteiger charge is 2.41. The van der Waals surface area contributed by atoms with Gasteiger partial charge in [-0.25, -0.2) is 13.2 Å². The van der Waals surface area contributed by atoms with Crippen molar-refractivity contribution in [1.82, 2.24) is 0 Å². The summed E-state index contributed by atoms with van der Waals surface area (Å²) in [6.07, 6.45) is 1.69. The molecular weight excluding hydrogens is 219 g/mol. The Morgan fingerprint density at radius 3 is 2.31 bits per heavy atom. The first-order chi connectivity index (χ1) is 7.49. The molecule has 0 spiro atoms. The predicted octanol–water partition coefficient (Wildman–Crippen LogP) is 2.45. The lowest BCUT2D eigenvalue weighted by Gasteiger charge is -2.39. The van der Waals surface area contributed by atoms with Crippen LogP contribution in [0.3, 0.4) is 0 Å².